The lowest BCUT2D eigenvalue weighted by Gasteiger charge is -2.10. The van der Waals surface area contributed by atoms with E-state index in [1.165, 1.54) is 0 Å². The SMILES string of the molecule is O=S(=O)(NCCCOc1cccc2cccnc12)c1ccccc1Br. The summed E-state index contributed by atoms with van der Waals surface area (Å²) in [6, 6.07) is 16.3. The van der Waals surface area contributed by atoms with Crippen LogP contribution < -0.4 is 9.46 Å². The Morgan fingerprint density at radius 2 is 1.84 bits per heavy atom. The van der Waals surface area contributed by atoms with E-state index in [-0.39, 0.29) is 4.90 Å². The summed E-state index contributed by atoms with van der Waals surface area (Å²) in [6.07, 6.45) is 2.27. The first-order valence-electron chi connectivity index (χ1n) is 7.79. The summed E-state index contributed by atoms with van der Waals surface area (Å²) in [5.41, 5.74) is 0.804. The summed E-state index contributed by atoms with van der Waals surface area (Å²) in [5, 5.41) is 1.01. The molecule has 0 unspecified atom stereocenters. The van der Waals surface area contributed by atoms with Crippen LogP contribution in [0.1, 0.15) is 6.42 Å². The molecule has 130 valence electrons. The smallest absolute Gasteiger partial charge is 0.241 e. The first-order chi connectivity index (χ1) is 12.1. The second kappa shape index (κ2) is 7.95. The minimum atomic E-state index is -3.54. The zero-order valence-electron chi connectivity index (χ0n) is 13.4. The number of hydrogen-bond donors (Lipinski definition) is 1. The van der Waals surface area contributed by atoms with Crippen molar-refractivity contribution in [1.82, 2.24) is 9.71 Å². The number of ether oxygens (including phenoxy) is 1. The molecular weight excluding hydrogens is 404 g/mol. The van der Waals surface area contributed by atoms with Gasteiger partial charge in [-0.25, -0.2) is 13.1 Å². The topological polar surface area (TPSA) is 68.3 Å². The van der Waals surface area contributed by atoms with Gasteiger partial charge in [-0.2, -0.15) is 0 Å². The van der Waals surface area contributed by atoms with Crippen LogP contribution >= 0.6 is 15.9 Å². The molecule has 1 aromatic heterocycles. The van der Waals surface area contributed by atoms with Crippen LogP contribution in [0, 0.1) is 0 Å². The molecule has 0 saturated carbocycles. The first-order valence-corrected chi connectivity index (χ1v) is 10.1. The van der Waals surface area contributed by atoms with Crippen molar-refractivity contribution in [2.24, 2.45) is 0 Å². The number of nitrogens with zero attached hydrogens (tertiary/aromatic N) is 1. The molecule has 3 aromatic rings. The lowest BCUT2D eigenvalue weighted by molar-refractivity contribution is 0.314. The second-order valence-corrected chi connectivity index (χ2v) is 7.95. The maximum absolute atomic E-state index is 12.3. The van der Waals surface area contributed by atoms with Gasteiger partial charge in [0.05, 0.1) is 11.5 Å². The summed E-state index contributed by atoms with van der Waals surface area (Å²) in [6.45, 7) is 0.691. The van der Waals surface area contributed by atoms with E-state index in [0.717, 1.165) is 10.9 Å². The summed E-state index contributed by atoms with van der Waals surface area (Å²) in [5.74, 6) is 0.701. The number of sulfonamides is 1. The number of halogens is 1. The van der Waals surface area contributed by atoms with E-state index in [1.54, 1.807) is 30.5 Å². The minimum absolute atomic E-state index is 0.231. The molecule has 0 atom stereocenters. The maximum atomic E-state index is 12.3. The molecule has 0 aliphatic heterocycles. The van der Waals surface area contributed by atoms with E-state index in [2.05, 4.69) is 25.6 Å². The van der Waals surface area contributed by atoms with Crippen LogP contribution in [-0.4, -0.2) is 26.6 Å². The van der Waals surface area contributed by atoms with Gasteiger partial charge in [-0.1, -0.05) is 30.3 Å². The van der Waals surface area contributed by atoms with Crippen LogP contribution in [0.15, 0.2) is 70.2 Å². The standard InChI is InChI=1S/C18H17BrN2O3S/c19-15-8-1-2-10-17(15)25(22,23)21-12-5-13-24-16-9-3-6-14-7-4-11-20-18(14)16/h1-4,6-11,21H,5,12-13H2. The van der Waals surface area contributed by atoms with Gasteiger partial charge in [0, 0.05) is 22.6 Å². The van der Waals surface area contributed by atoms with Gasteiger partial charge in [0.1, 0.15) is 11.3 Å². The lowest BCUT2D eigenvalue weighted by atomic mass is 10.2. The van der Waals surface area contributed by atoms with Crippen LogP contribution in [0.2, 0.25) is 0 Å². The molecular formula is C18H17BrN2O3S. The van der Waals surface area contributed by atoms with Crippen molar-refractivity contribution in [2.75, 3.05) is 13.2 Å². The fourth-order valence-corrected chi connectivity index (χ4v) is 4.47. The van der Waals surface area contributed by atoms with Gasteiger partial charge < -0.3 is 4.74 Å². The van der Waals surface area contributed by atoms with Crippen LogP contribution in [0.3, 0.4) is 0 Å². The molecule has 7 heteroatoms. The largest absolute Gasteiger partial charge is 0.491 e. The quantitative estimate of drug-likeness (QED) is 0.591. The summed E-state index contributed by atoms with van der Waals surface area (Å²) >= 11 is 3.26. The van der Waals surface area contributed by atoms with Crippen LogP contribution in [0.25, 0.3) is 10.9 Å². The molecule has 0 aliphatic rings. The average molecular weight is 421 g/mol. The lowest BCUT2D eigenvalue weighted by Crippen LogP contribution is -2.26. The van der Waals surface area contributed by atoms with Crippen molar-refractivity contribution < 1.29 is 13.2 Å². The Bertz CT molecular complexity index is 971. The van der Waals surface area contributed by atoms with E-state index < -0.39 is 10.0 Å². The Hall–Kier alpha value is -1.96. The van der Waals surface area contributed by atoms with Gasteiger partial charge in [0.25, 0.3) is 0 Å². The van der Waals surface area contributed by atoms with Crippen molar-refractivity contribution in [1.29, 1.82) is 0 Å². The predicted molar refractivity (Wildman–Crippen MR) is 101 cm³/mol. The molecule has 5 nitrogen and oxygen atoms in total. The van der Waals surface area contributed by atoms with Crippen LogP contribution in [0.4, 0.5) is 0 Å². The van der Waals surface area contributed by atoms with E-state index in [9.17, 15) is 8.42 Å². The van der Waals surface area contributed by atoms with Gasteiger partial charge >= 0.3 is 0 Å². The molecule has 0 amide bonds. The van der Waals surface area contributed by atoms with Crippen molar-refractivity contribution >= 4 is 36.9 Å². The molecule has 1 heterocycles. The van der Waals surface area contributed by atoms with Crippen molar-refractivity contribution in [3.05, 3.63) is 65.3 Å². The van der Waals surface area contributed by atoms with Gasteiger partial charge in [0.2, 0.25) is 10.0 Å². The normalized spacial score (nSPS) is 11.6. The molecule has 25 heavy (non-hydrogen) atoms. The minimum Gasteiger partial charge on any atom is -0.491 e. The zero-order chi connectivity index (χ0) is 17.7. The molecule has 3 rings (SSSR count). The molecule has 1 N–H and O–H groups in total. The molecule has 0 saturated heterocycles. The van der Waals surface area contributed by atoms with Crippen LogP contribution in [0.5, 0.6) is 5.75 Å². The third-order valence-corrected chi connectivity index (χ3v) is 6.07. The number of para-hydroxylation sites is 1. The highest BCUT2D eigenvalue weighted by molar-refractivity contribution is 9.10. The second-order valence-electron chi connectivity index (χ2n) is 5.36. The summed E-state index contributed by atoms with van der Waals surface area (Å²) < 4.78 is 33.4. The average Bonchev–Trinajstić information content (AvgIpc) is 2.62. The monoisotopic (exact) mass is 420 g/mol. The van der Waals surface area contributed by atoms with Gasteiger partial charge in [-0.15, -0.1) is 0 Å². The number of aromatic nitrogens is 1. The van der Waals surface area contributed by atoms with E-state index in [1.807, 2.05) is 30.3 Å². The molecule has 0 aliphatic carbocycles. The Labute approximate surface area is 155 Å². The first kappa shape index (κ1) is 17.8. The van der Waals surface area contributed by atoms with Crippen molar-refractivity contribution in [3.8, 4) is 5.75 Å². The fraction of sp³-hybridized carbons (Fsp3) is 0.167. The Morgan fingerprint density at radius 1 is 1.04 bits per heavy atom. The van der Waals surface area contributed by atoms with Crippen molar-refractivity contribution in [2.45, 2.75) is 11.3 Å². The molecule has 0 fully saturated rings. The highest BCUT2D eigenvalue weighted by atomic mass is 79.9. The number of nitrogens with one attached hydrogen (secondary N) is 1. The number of fused-ring (bicyclic) bond motifs is 1. The van der Waals surface area contributed by atoms with Crippen LogP contribution in [-0.2, 0) is 10.0 Å². The molecule has 0 radical (unpaired) electrons. The number of benzene rings is 2. The summed E-state index contributed by atoms with van der Waals surface area (Å²) in [7, 11) is -3.54. The third-order valence-electron chi connectivity index (χ3n) is 3.59. The predicted octanol–water partition coefficient (Wildman–Crippen LogP) is 3.74. The zero-order valence-corrected chi connectivity index (χ0v) is 15.8. The molecule has 2 aromatic carbocycles. The Kier molecular flexibility index (Phi) is 5.67. The Balaban J connectivity index is 1.54. The van der Waals surface area contributed by atoms with Crippen molar-refractivity contribution in [3.63, 3.8) is 0 Å². The maximum Gasteiger partial charge on any atom is 0.241 e. The third kappa shape index (κ3) is 4.36. The van der Waals surface area contributed by atoms with E-state index in [4.69, 9.17) is 4.74 Å². The van der Waals surface area contributed by atoms with E-state index >= 15 is 0 Å². The fourth-order valence-electron chi connectivity index (χ4n) is 2.39. The Morgan fingerprint density at radius 3 is 2.68 bits per heavy atom. The number of hydrogen-bond acceptors (Lipinski definition) is 4. The number of rotatable bonds is 7. The van der Waals surface area contributed by atoms with Gasteiger partial charge in [-0.05, 0) is 46.6 Å². The summed E-state index contributed by atoms with van der Waals surface area (Å²) in [4.78, 5) is 4.56. The molecule has 0 bridgehead atoms. The number of pyridine rings is 1. The molecule has 0 spiro atoms. The highest BCUT2D eigenvalue weighted by Crippen LogP contribution is 2.23. The van der Waals surface area contributed by atoms with E-state index in [0.29, 0.717) is 29.8 Å². The van der Waals surface area contributed by atoms with Gasteiger partial charge in [-0.3, -0.25) is 4.98 Å². The highest BCUT2D eigenvalue weighted by Gasteiger charge is 2.16. The van der Waals surface area contributed by atoms with Gasteiger partial charge in [0.15, 0.2) is 0 Å².